The summed E-state index contributed by atoms with van der Waals surface area (Å²) in [4.78, 5) is 23.4. The van der Waals surface area contributed by atoms with Gasteiger partial charge in [-0.1, -0.05) is 12.1 Å². The number of amides is 1. The van der Waals surface area contributed by atoms with Gasteiger partial charge in [0.1, 0.15) is 17.3 Å². The lowest BCUT2D eigenvalue weighted by Crippen LogP contribution is -2.38. The van der Waals surface area contributed by atoms with Gasteiger partial charge < -0.3 is 20.4 Å². The zero-order valence-electron chi connectivity index (χ0n) is 19.3. The number of carbonyl (C=O) groups is 1. The van der Waals surface area contributed by atoms with Crippen LogP contribution in [0.1, 0.15) is 41.4 Å². The first-order valence-electron chi connectivity index (χ1n) is 11.5. The van der Waals surface area contributed by atoms with Gasteiger partial charge >= 0.3 is 0 Å². The van der Waals surface area contributed by atoms with Crippen LogP contribution in [0.4, 0.5) is 5.69 Å². The molecule has 0 saturated carbocycles. The third-order valence-corrected chi connectivity index (χ3v) is 6.05. The molecule has 1 aliphatic rings. The molecule has 4 rings (SSSR count). The number of nitriles is 1. The highest BCUT2D eigenvalue weighted by Crippen LogP contribution is 2.23. The number of ether oxygens (including phenoxy) is 1. The van der Waals surface area contributed by atoms with Crippen LogP contribution in [0.3, 0.4) is 0 Å². The van der Waals surface area contributed by atoms with Crippen LogP contribution in [0, 0.1) is 17.2 Å². The number of hydrogen-bond donors (Lipinski definition) is 2. The predicted octanol–water partition coefficient (Wildman–Crippen LogP) is 2.76. The largest absolute Gasteiger partial charge is 0.477 e. The molecule has 176 valence electrons. The second kappa shape index (κ2) is 10.8. The molecule has 1 saturated heterocycles. The summed E-state index contributed by atoms with van der Waals surface area (Å²) in [5, 5.41) is 12.2. The molecular formula is C25H29N7O2. The van der Waals surface area contributed by atoms with Crippen molar-refractivity contribution in [3.63, 3.8) is 0 Å². The number of benzene rings is 1. The second-order valence-corrected chi connectivity index (χ2v) is 8.39. The van der Waals surface area contributed by atoms with Crippen LogP contribution >= 0.6 is 0 Å². The third kappa shape index (κ3) is 5.53. The van der Waals surface area contributed by atoms with Crippen molar-refractivity contribution in [1.29, 1.82) is 5.26 Å². The van der Waals surface area contributed by atoms with Crippen molar-refractivity contribution in [3.05, 3.63) is 65.9 Å². The first-order chi connectivity index (χ1) is 16.6. The third-order valence-electron chi connectivity index (χ3n) is 6.05. The molecule has 0 spiro atoms. The van der Waals surface area contributed by atoms with Crippen molar-refractivity contribution in [2.45, 2.75) is 26.3 Å². The summed E-state index contributed by atoms with van der Waals surface area (Å²) in [5.74, 6) is 0.199. The molecule has 1 aliphatic heterocycles. The molecule has 3 aromatic rings. The smallest absolute Gasteiger partial charge is 0.270 e. The maximum atomic E-state index is 12.6. The molecule has 3 N–H and O–H groups in total. The summed E-state index contributed by atoms with van der Waals surface area (Å²) in [6, 6.07) is 11.9. The summed E-state index contributed by atoms with van der Waals surface area (Å²) in [6.45, 7) is 5.59. The topological polar surface area (TPSA) is 122 Å². The van der Waals surface area contributed by atoms with Crippen molar-refractivity contribution < 1.29 is 9.53 Å². The van der Waals surface area contributed by atoms with E-state index in [-0.39, 0.29) is 28.7 Å². The Morgan fingerprint density at radius 3 is 2.71 bits per heavy atom. The summed E-state index contributed by atoms with van der Waals surface area (Å²) < 4.78 is 7.37. The normalized spacial score (nSPS) is 14.5. The van der Waals surface area contributed by atoms with Crippen LogP contribution in [-0.4, -0.2) is 51.6 Å². The van der Waals surface area contributed by atoms with E-state index in [1.165, 1.54) is 11.6 Å². The minimum Gasteiger partial charge on any atom is -0.477 e. The molecule has 9 heteroatoms. The van der Waals surface area contributed by atoms with E-state index in [1.54, 1.807) is 19.4 Å². The number of likely N-dealkylation sites (tertiary alicyclic amines) is 1. The van der Waals surface area contributed by atoms with Gasteiger partial charge in [-0.15, -0.1) is 0 Å². The highest BCUT2D eigenvalue weighted by Gasteiger charge is 2.21. The molecule has 3 heterocycles. The van der Waals surface area contributed by atoms with E-state index in [0.717, 1.165) is 38.2 Å². The lowest BCUT2D eigenvalue weighted by molar-refractivity contribution is 0.0929. The van der Waals surface area contributed by atoms with Crippen molar-refractivity contribution in [3.8, 4) is 17.6 Å². The highest BCUT2D eigenvalue weighted by molar-refractivity contribution is 5.93. The van der Waals surface area contributed by atoms with E-state index < -0.39 is 0 Å². The molecular weight excluding hydrogens is 430 g/mol. The molecule has 1 amide bonds. The number of rotatable bonds is 8. The van der Waals surface area contributed by atoms with Crippen LogP contribution in [0.25, 0.3) is 5.69 Å². The van der Waals surface area contributed by atoms with Gasteiger partial charge in [0.2, 0.25) is 5.88 Å². The Labute approximate surface area is 199 Å². The zero-order valence-corrected chi connectivity index (χ0v) is 19.3. The number of nitrogens with one attached hydrogen (secondary N) is 1. The SMILES string of the molecule is CCOc1nc(C(=O)NCC2CCN(Cc3ccc(-n4ccnc4)cc3)CC2)cc(N)c1C#N. The molecule has 34 heavy (non-hydrogen) atoms. The van der Waals surface area contributed by atoms with Crippen molar-refractivity contribution in [2.75, 3.05) is 32.0 Å². The zero-order chi connectivity index (χ0) is 23.9. The number of imidazole rings is 1. The second-order valence-electron chi connectivity index (χ2n) is 8.39. The minimum absolute atomic E-state index is 0.0986. The first-order valence-corrected chi connectivity index (χ1v) is 11.5. The van der Waals surface area contributed by atoms with E-state index in [2.05, 4.69) is 44.5 Å². The average Bonchev–Trinajstić information content (AvgIpc) is 3.39. The highest BCUT2D eigenvalue weighted by atomic mass is 16.5. The monoisotopic (exact) mass is 459 g/mol. The summed E-state index contributed by atoms with van der Waals surface area (Å²) in [7, 11) is 0. The Hall–Kier alpha value is -3.90. The molecule has 0 radical (unpaired) electrons. The van der Waals surface area contributed by atoms with Gasteiger partial charge in [-0.05, 0) is 62.5 Å². The fourth-order valence-electron chi connectivity index (χ4n) is 4.13. The Morgan fingerprint density at radius 2 is 2.06 bits per heavy atom. The van der Waals surface area contributed by atoms with Gasteiger partial charge in [-0.3, -0.25) is 9.69 Å². The van der Waals surface area contributed by atoms with Gasteiger partial charge in [0.25, 0.3) is 5.91 Å². The van der Waals surface area contributed by atoms with E-state index in [0.29, 0.717) is 19.1 Å². The van der Waals surface area contributed by atoms with Crippen LogP contribution in [0.5, 0.6) is 5.88 Å². The number of hydrogen-bond acceptors (Lipinski definition) is 7. The number of nitrogens with zero attached hydrogens (tertiary/aromatic N) is 5. The van der Waals surface area contributed by atoms with Gasteiger partial charge in [-0.2, -0.15) is 5.26 Å². The summed E-state index contributed by atoms with van der Waals surface area (Å²) >= 11 is 0. The number of nitrogen functional groups attached to an aromatic ring is 1. The van der Waals surface area contributed by atoms with E-state index >= 15 is 0 Å². The quantitative estimate of drug-likeness (QED) is 0.531. The molecule has 0 aliphatic carbocycles. The van der Waals surface area contributed by atoms with Gasteiger partial charge in [0.05, 0.1) is 18.6 Å². The van der Waals surface area contributed by atoms with Gasteiger partial charge in [0, 0.05) is 31.2 Å². The number of nitrogens with two attached hydrogens (primary N) is 1. The number of piperidine rings is 1. The van der Waals surface area contributed by atoms with Crippen molar-refractivity contribution >= 4 is 11.6 Å². The Balaban J connectivity index is 1.25. The van der Waals surface area contributed by atoms with Crippen molar-refractivity contribution in [2.24, 2.45) is 5.92 Å². The van der Waals surface area contributed by atoms with Crippen molar-refractivity contribution in [1.82, 2.24) is 24.8 Å². The first kappa shape index (κ1) is 23.3. The van der Waals surface area contributed by atoms with Gasteiger partial charge in [0.15, 0.2) is 0 Å². The molecule has 0 unspecified atom stereocenters. The van der Waals surface area contributed by atoms with E-state index in [4.69, 9.17) is 10.5 Å². The molecule has 9 nitrogen and oxygen atoms in total. The standard InChI is InChI=1S/C25H29N7O2/c1-2-34-25-21(14-26)22(27)13-23(30-25)24(33)29-15-18-7-10-31(11-8-18)16-19-3-5-20(6-4-19)32-12-9-28-17-32/h3-6,9,12-13,17-18H,2,7-8,10-11,15-16H2,1H3,(H2,27,30)(H,29,33). The van der Waals surface area contributed by atoms with Crippen LogP contribution < -0.4 is 15.8 Å². The Morgan fingerprint density at radius 1 is 1.29 bits per heavy atom. The predicted molar refractivity (Wildman–Crippen MR) is 128 cm³/mol. The summed E-state index contributed by atoms with van der Waals surface area (Å²) in [5.41, 5.74) is 8.81. The Kier molecular flexibility index (Phi) is 7.40. The number of aromatic nitrogens is 3. The molecule has 2 aromatic heterocycles. The summed E-state index contributed by atoms with van der Waals surface area (Å²) in [6.07, 6.45) is 7.53. The maximum absolute atomic E-state index is 12.6. The molecule has 1 fully saturated rings. The fraction of sp³-hybridized carbons (Fsp3) is 0.360. The maximum Gasteiger partial charge on any atom is 0.270 e. The molecule has 0 bridgehead atoms. The minimum atomic E-state index is -0.308. The fourth-order valence-corrected chi connectivity index (χ4v) is 4.13. The average molecular weight is 460 g/mol. The van der Waals surface area contributed by atoms with Crippen LogP contribution in [0.15, 0.2) is 49.1 Å². The van der Waals surface area contributed by atoms with E-state index in [1.807, 2.05) is 16.8 Å². The number of carbonyl (C=O) groups excluding carboxylic acids is 1. The molecule has 0 atom stereocenters. The van der Waals surface area contributed by atoms with Crippen LogP contribution in [0.2, 0.25) is 0 Å². The Bertz CT molecular complexity index is 1150. The lowest BCUT2D eigenvalue weighted by Gasteiger charge is -2.32. The van der Waals surface area contributed by atoms with E-state index in [9.17, 15) is 10.1 Å². The number of anilines is 1. The van der Waals surface area contributed by atoms with Crippen LogP contribution in [-0.2, 0) is 6.54 Å². The van der Waals surface area contributed by atoms with Gasteiger partial charge in [-0.25, -0.2) is 9.97 Å². The molecule has 1 aromatic carbocycles. The number of pyridine rings is 1. The lowest BCUT2D eigenvalue weighted by atomic mass is 9.96.